The van der Waals surface area contributed by atoms with Crippen LogP contribution in [0.3, 0.4) is 0 Å². The van der Waals surface area contributed by atoms with Crippen LogP contribution >= 0.6 is 11.3 Å². The maximum atomic E-state index is 12.2. The lowest BCUT2D eigenvalue weighted by atomic mass is 10.1. The zero-order valence-corrected chi connectivity index (χ0v) is 14.0. The number of amides is 1. The van der Waals surface area contributed by atoms with E-state index in [-0.39, 0.29) is 17.4 Å². The van der Waals surface area contributed by atoms with Crippen LogP contribution in [0.1, 0.15) is 20.9 Å². The summed E-state index contributed by atoms with van der Waals surface area (Å²) >= 11 is 1.28. The maximum Gasteiger partial charge on any atom is 0.573 e. The summed E-state index contributed by atoms with van der Waals surface area (Å²) in [6.07, 6.45) is -1.10. The molecule has 3 rings (SSSR count). The molecule has 0 unspecified atom stereocenters. The van der Waals surface area contributed by atoms with Crippen molar-refractivity contribution in [3.8, 4) is 5.75 Å². The van der Waals surface area contributed by atoms with E-state index in [4.69, 9.17) is 0 Å². The standard InChI is InChI=1S/C17H12F3N3O2S/c18-17(19,20)25-12-6-4-11(5-7-12)9-13-10-22-16(26-13)23-15(24)14-3-1-2-8-21-14/h1-8,10H,9H2,(H,22,23,24). The Labute approximate surface area is 150 Å². The lowest BCUT2D eigenvalue weighted by Gasteiger charge is -2.08. The predicted molar refractivity (Wildman–Crippen MR) is 90.2 cm³/mol. The first kappa shape index (κ1) is 17.9. The molecule has 0 atom stereocenters. The number of pyridine rings is 1. The summed E-state index contributed by atoms with van der Waals surface area (Å²) in [5, 5.41) is 3.08. The lowest BCUT2D eigenvalue weighted by Crippen LogP contribution is -2.17. The van der Waals surface area contributed by atoms with Gasteiger partial charge in [-0.2, -0.15) is 0 Å². The molecule has 134 valence electrons. The number of anilines is 1. The Morgan fingerprint density at radius 3 is 2.54 bits per heavy atom. The topological polar surface area (TPSA) is 64.1 Å². The Balaban J connectivity index is 1.61. The second-order valence-corrected chi connectivity index (χ2v) is 6.28. The first-order chi connectivity index (χ1) is 12.4. The number of aromatic nitrogens is 2. The van der Waals surface area contributed by atoms with E-state index in [1.165, 1.54) is 29.7 Å². The van der Waals surface area contributed by atoms with Gasteiger partial charge in [-0.05, 0) is 29.8 Å². The molecule has 0 aliphatic heterocycles. The average molecular weight is 379 g/mol. The van der Waals surface area contributed by atoms with Crippen molar-refractivity contribution in [3.63, 3.8) is 0 Å². The summed E-state index contributed by atoms with van der Waals surface area (Å²) in [6.45, 7) is 0. The Morgan fingerprint density at radius 2 is 1.88 bits per heavy atom. The van der Waals surface area contributed by atoms with Gasteiger partial charge in [0.05, 0.1) is 0 Å². The fourth-order valence-electron chi connectivity index (χ4n) is 2.12. The van der Waals surface area contributed by atoms with Gasteiger partial charge in [0, 0.05) is 23.7 Å². The molecule has 1 amide bonds. The van der Waals surface area contributed by atoms with Crippen LogP contribution in [-0.2, 0) is 6.42 Å². The molecule has 0 bridgehead atoms. The Kier molecular flexibility index (Phi) is 5.17. The van der Waals surface area contributed by atoms with Crippen molar-refractivity contribution in [2.45, 2.75) is 12.8 Å². The van der Waals surface area contributed by atoms with Gasteiger partial charge in [-0.15, -0.1) is 24.5 Å². The van der Waals surface area contributed by atoms with Crippen LogP contribution in [0.25, 0.3) is 0 Å². The molecule has 0 spiro atoms. The third-order valence-electron chi connectivity index (χ3n) is 3.21. The van der Waals surface area contributed by atoms with Gasteiger partial charge in [0.15, 0.2) is 5.13 Å². The first-order valence-electron chi connectivity index (χ1n) is 7.41. The van der Waals surface area contributed by atoms with Crippen LogP contribution in [0, 0.1) is 0 Å². The molecular formula is C17H12F3N3O2S. The average Bonchev–Trinajstić information content (AvgIpc) is 3.03. The maximum absolute atomic E-state index is 12.2. The minimum Gasteiger partial charge on any atom is -0.406 e. The van der Waals surface area contributed by atoms with Crippen molar-refractivity contribution in [2.75, 3.05) is 5.32 Å². The molecule has 2 aromatic heterocycles. The van der Waals surface area contributed by atoms with Gasteiger partial charge in [-0.3, -0.25) is 15.1 Å². The summed E-state index contributed by atoms with van der Waals surface area (Å²) in [6, 6.07) is 10.6. The second-order valence-electron chi connectivity index (χ2n) is 5.17. The molecule has 0 aliphatic carbocycles. The van der Waals surface area contributed by atoms with Crippen molar-refractivity contribution in [1.82, 2.24) is 9.97 Å². The van der Waals surface area contributed by atoms with Gasteiger partial charge in [0.25, 0.3) is 5.91 Å². The first-order valence-corrected chi connectivity index (χ1v) is 8.22. The summed E-state index contributed by atoms with van der Waals surface area (Å²) < 4.78 is 40.3. The summed E-state index contributed by atoms with van der Waals surface area (Å²) in [7, 11) is 0. The number of carbonyl (C=O) groups excluding carboxylic acids is 1. The molecular weight excluding hydrogens is 367 g/mol. The van der Waals surface area contributed by atoms with Crippen molar-refractivity contribution >= 4 is 22.4 Å². The van der Waals surface area contributed by atoms with Crippen LogP contribution in [-0.4, -0.2) is 22.2 Å². The monoisotopic (exact) mass is 379 g/mol. The number of ether oxygens (including phenoxy) is 1. The number of benzene rings is 1. The van der Waals surface area contributed by atoms with Crippen molar-refractivity contribution in [3.05, 3.63) is 71.0 Å². The summed E-state index contributed by atoms with van der Waals surface area (Å²) in [4.78, 5) is 21.0. The highest BCUT2D eigenvalue weighted by molar-refractivity contribution is 7.15. The highest BCUT2D eigenvalue weighted by atomic mass is 32.1. The van der Waals surface area contributed by atoms with Crippen LogP contribution in [0.2, 0.25) is 0 Å². The van der Waals surface area contributed by atoms with E-state index < -0.39 is 6.36 Å². The third-order valence-corrected chi connectivity index (χ3v) is 4.12. The molecule has 26 heavy (non-hydrogen) atoms. The Bertz CT molecular complexity index is 880. The third kappa shape index (κ3) is 5.03. The minimum atomic E-state index is -4.71. The highest BCUT2D eigenvalue weighted by Gasteiger charge is 2.30. The molecule has 5 nitrogen and oxygen atoms in total. The lowest BCUT2D eigenvalue weighted by molar-refractivity contribution is -0.274. The number of halogens is 3. The summed E-state index contributed by atoms with van der Waals surface area (Å²) in [5.41, 5.74) is 1.08. The largest absolute Gasteiger partial charge is 0.573 e. The normalized spacial score (nSPS) is 11.2. The number of carbonyl (C=O) groups is 1. The SMILES string of the molecule is O=C(Nc1ncc(Cc2ccc(OC(F)(F)F)cc2)s1)c1ccccn1. The van der Waals surface area contributed by atoms with Crippen molar-refractivity contribution < 1.29 is 22.7 Å². The molecule has 2 heterocycles. The van der Waals surface area contributed by atoms with E-state index >= 15 is 0 Å². The molecule has 1 aromatic carbocycles. The zero-order valence-electron chi connectivity index (χ0n) is 13.2. The summed E-state index contributed by atoms with van der Waals surface area (Å²) in [5.74, 6) is -0.631. The quantitative estimate of drug-likeness (QED) is 0.719. The van der Waals surface area contributed by atoms with Crippen molar-refractivity contribution in [2.24, 2.45) is 0 Å². The number of hydrogen-bond donors (Lipinski definition) is 1. The van der Waals surface area contributed by atoms with Crippen LogP contribution in [0.4, 0.5) is 18.3 Å². The van der Waals surface area contributed by atoms with Gasteiger partial charge >= 0.3 is 6.36 Å². The van der Waals surface area contributed by atoms with Crippen LogP contribution < -0.4 is 10.1 Å². The predicted octanol–water partition coefficient (Wildman–Crippen LogP) is 4.28. The van der Waals surface area contributed by atoms with E-state index in [9.17, 15) is 18.0 Å². The van der Waals surface area contributed by atoms with Crippen LogP contribution in [0.5, 0.6) is 5.75 Å². The Hall–Kier alpha value is -2.94. The zero-order chi connectivity index (χ0) is 18.6. The number of nitrogens with one attached hydrogen (secondary N) is 1. The van der Waals surface area contributed by atoms with E-state index in [0.29, 0.717) is 11.6 Å². The molecule has 0 aliphatic rings. The molecule has 0 saturated heterocycles. The van der Waals surface area contributed by atoms with Gasteiger partial charge in [-0.25, -0.2) is 4.98 Å². The number of alkyl halides is 3. The highest BCUT2D eigenvalue weighted by Crippen LogP contribution is 2.25. The van der Waals surface area contributed by atoms with Crippen molar-refractivity contribution in [1.29, 1.82) is 0 Å². The van der Waals surface area contributed by atoms with E-state index in [0.717, 1.165) is 10.4 Å². The van der Waals surface area contributed by atoms with Gasteiger partial charge in [0.2, 0.25) is 0 Å². The Morgan fingerprint density at radius 1 is 1.12 bits per heavy atom. The second kappa shape index (κ2) is 7.52. The smallest absolute Gasteiger partial charge is 0.406 e. The van der Waals surface area contributed by atoms with Crippen LogP contribution in [0.15, 0.2) is 54.9 Å². The number of thiazole rings is 1. The van der Waals surface area contributed by atoms with E-state index in [2.05, 4.69) is 20.0 Å². The fraction of sp³-hybridized carbons (Fsp3) is 0.118. The molecule has 9 heteroatoms. The molecule has 3 aromatic rings. The van der Waals surface area contributed by atoms with Gasteiger partial charge < -0.3 is 4.74 Å². The molecule has 0 saturated carbocycles. The van der Waals surface area contributed by atoms with Gasteiger partial charge in [0.1, 0.15) is 11.4 Å². The van der Waals surface area contributed by atoms with E-state index in [1.807, 2.05) is 0 Å². The van der Waals surface area contributed by atoms with Gasteiger partial charge in [-0.1, -0.05) is 18.2 Å². The fourth-order valence-corrected chi connectivity index (χ4v) is 2.96. The van der Waals surface area contributed by atoms with E-state index in [1.54, 1.807) is 36.5 Å². The molecule has 1 N–H and O–H groups in total. The molecule has 0 radical (unpaired) electrons. The minimum absolute atomic E-state index is 0.270. The number of rotatable bonds is 5. The number of nitrogens with zero attached hydrogens (tertiary/aromatic N) is 2. The number of hydrogen-bond acceptors (Lipinski definition) is 5. The molecule has 0 fully saturated rings.